The van der Waals surface area contributed by atoms with Gasteiger partial charge >= 0.3 is 5.97 Å². The fraction of sp³-hybridized carbons (Fsp3) is 0.333. The Morgan fingerprint density at radius 2 is 2.10 bits per heavy atom. The van der Waals surface area contributed by atoms with Crippen LogP contribution in [-0.2, 0) is 14.3 Å². The number of halogens is 1. The molecule has 0 N–H and O–H groups in total. The SMILES string of the molecule is C=C(F)C(=O)N1CCC(C(=O)OC)c2cc(OC)ccc21. The van der Waals surface area contributed by atoms with Crippen LogP contribution in [0.3, 0.4) is 0 Å². The minimum atomic E-state index is -1.03. The number of rotatable bonds is 3. The van der Waals surface area contributed by atoms with Crippen molar-refractivity contribution in [2.75, 3.05) is 25.7 Å². The normalized spacial score (nSPS) is 16.9. The molecule has 0 radical (unpaired) electrons. The zero-order valence-electron chi connectivity index (χ0n) is 11.9. The molecule has 0 aliphatic carbocycles. The second kappa shape index (κ2) is 5.95. The first-order valence-corrected chi connectivity index (χ1v) is 6.41. The average molecular weight is 293 g/mol. The molecule has 1 heterocycles. The summed E-state index contributed by atoms with van der Waals surface area (Å²) in [6, 6.07) is 4.95. The summed E-state index contributed by atoms with van der Waals surface area (Å²) in [7, 11) is 2.81. The molecule has 0 fully saturated rings. The van der Waals surface area contributed by atoms with E-state index in [9.17, 15) is 14.0 Å². The molecule has 112 valence electrons. The van der Waals surface area contributed by atoms with Crippen molar-refractivity contribution < 1.29 is 23.5 Å². The van der Waals surface area contributed by atoms with Gasteiger partial charge in [-0.25, -0.2) is 4.39 Å². The molecule has 0 spiro atoms. The predicted octanol–water partition coefficient (Wildman–Crippen LogP) is 2.17. The smallest absolute Gasteiger partial charge is 0.313 e. The third kappa shape index (κ3) is 2.74. The van der Waals surface area contributed by atoms with Crippen molar-refractivity contribution in [2.45, 2.75) is 12.3 Å². The number of methoxy groups -OCH3 is 2. The number of carbonyl (C=O) groups excluding carboxylic acids is 2. The molecule has 1 atom stereocenters. The summed E-state index contributed by atoms with van der Waals surface area (Å²) in [5.74, 6) is -2.18. The van der Waals surface area contributed by atoms with E-state index >= 15 is 0 Å². The largest absolute Gasteiger partial charge is 0.497 e. The third-order valence-corrected chi connectivity index (χ3v) is 3.51. The Morgan fingerprint density at radius 1 is 1.38 bits per heavy atom. The van der Waals surface area contributed by atoms with Crippen LogP contribution in [0.15, 0.2) is 30.6 Å². The van der Waals surface area contributed by atoms with Crippen molar-refractivity contribution in [1.29, 1.82) is 0 Å². The standard InChI is InChI=1S/C15H16FNO4/c1-9(16)14(18)17-7-6-11(15(19)21-3)12-8-10(20-2)4-5-13(12)17/h4-5,8,11H,1,6-7H2,2-3H3. The summed E-state index contributed by atoms with van der Waals surface area (Å²) in [6.45, 7) is 3.26. The van der Waals surface area contributed by atoms with E-state index in [0.29, 0.717) is 23.4 Å². The highest BCUT2D eigenvalue weighted by Gasteiger charge is 2.34. The van der Waals surface area contributed by atoms with Crippen molar-refractivity contribution in [1.82, 2.24) is 0 Å². The first-order chi connectivity index (χ1) is 9.99. The maximum Gasteiger partial charge on any atom is 0.313 e. The Balaban J connectivity index is 2.50. The molecule has 0 saturated carbocycles. The van der Waals surface area contributed by atoms with Crippen LogP contribution in [0.5, 0.6) is 5.75 Å². The van der Waals surface area contributed by atoms with Gasteiger partial charge in [0.25, 0.3) is 5.91 Å². The van der Waals surface area contributed by atoms with Crippen molar-refractivity contribution >= 4 is 17.6 Å². The second-order valence-electron chi connectivity index (χ2n) is 4.65. The third-order valence-electron chi connectivity index (χ3n) is 3.51. The number of ether oxygens (including phenoxy) is 2. The van der Waals surface area contributed by atoms with Crippen molar-refractivity contribution in [3.63, 3.8) is 0 Å². The molecule has 0 bridgehead atoms. The summed E-state index contributed by atoms with van der Waals surface area (Å²) in [5, 5.41) is 0. The van der Waals surface area contributed by atoms with Crippen LogP contribution in [-0.4, -0.2) is 32.6 Å². The minimum Gasteiger partial charge on any atom is -0.497 e. The van der Waals surface area contributed by atoms with Crippen molar-refractivity contribution in [2.24, 2.45) is 0 Å². The average Bonchev–Trinajstić information content (AvgIpc) is 2.51. The summed E-state index contributed by atoms with van der Waals surface area (Å²) in [4.78, 5) is 25.0. The van der Waals surface area contributed by atoms with E-state index in [0.717, 1.165) is 0 Å². The van der Waals surface area contributed by atoms with E-state index in [1.54, 1.807) is 18.2 Å². The highest BCUT2D eigenvalue weighted by Crippen LogP contribution is 2.38. The van der Waals surface area contributed by atoms with Gasteiger partial charge in [-0.05, 0) is 30.2 Å². The molecule has 5 nitrogen and oxygen atoms in total. The molecule has 0 saturated heterocycles. The second-order valence-corrected chi connectivity index (χ2v) is 4.65. The van der Waals surface area contributed by atoms with Gasteiger partial charge in [-0.2, -0.15) is 0 Å². The molecular weight excluding hydrogens is 277 g/mol. The Bertz CT molecular complexity index is 599. The van der Waals surface area contributed by atoms with Crippen LogP contribution >= 0.6 is 0 Å². The van der Waals surface area contributed by atoms with Gasteiger partial charge in [0.15, 0.2) is 5.83 Å². The number of fused-ring (bicyclic) bond motifs is 1. The summed E-state index contributed by atoms with van der Waals surface area (Å²) < 4.78 is 23.1. The molecule has 1 aliphatic heterocycles. The Kier molecular flexibility index (Phi) is 4.26. The number of esters is 1. The van der Waals surface area contributed by atoms with E-state index in [4.69, 9.17) is 9.47 Å². The van der Waals surface area contributed by atoms with Crippen LogP contribution in [0.25, 0.3) is 0 Å². The zero-order chi connectivity index (χ0) is 15.6. The Morgan fingerprint density at radius 3 is 2.67 bits per heavy atom. The van der Waals surface area contributed by atoms with Crippen LogP contribution < -0.4 is 9.64 Å². The molecule has 1 amide bonds. The minimum absolute atomic E-state index is 0.223. The van der Waals surface area contributed by atoms with Gasteiger partial charge in [-0.3, -0.25) is 9.59 Å². The molecule has 1 unspecified atom stereocenters. The summed E-state index contributed by atoms with van der Waals surface area (Å²) >= 11 is 0. The van der Waals surface area contributed by atoms with E-state index < -0.39 is 23.6 Å². The number of hydrogen-bond acceptors (Lipinski definition) is 4. The van der Waals surface area contributed by atoms with Crippen LogP contribution in [0.4, 0.5) is 10.1 Å². The van der Waals surface area contributed by atoms with Crippen LogP contribution in [0.1, 0.15) is 17.9 Å². The Labute approximate surface area is 121 Å². The first-order valence-electron chi connectivity index (χ1n) is 6.41. The molecule has 6 heteroatoms. The monoisotopic (exact) mass is 293 g/mol. The lowest BCUT2D eigenvalue weighted by molar-refractivity contribution is -0.142. The lowest BCUT2D eigenvalue weighted by Gasteiger charge is -2.33. The first kappa shape index (κ1) is 15.0. The van der Waals surface area contributed by atoms with E-state index in [2.05, 4.69) is 6.58 Å². The number of nitrogens with zero attached hydrogens (tertiary/aromatic N) is 1. The molecule has 2 rings (SSSR count). The maximum absolute atomic E-state index is 13.1. The van der Waals surface area contributed by atoms with Gasteiger partial charge in [0.05, 0.1) is 20.1 Å². The number of anilines is 1. The fourth-order valence-electron chi connectivity index (χ4n) is 2.46. The molecule has 21 heavy (non-hydrogen) atoms. The molecule has 1 aromatic carbocycles. The highest BCUT2D eigenvalue weighted by molar-refractivity contribution is 6.05. The van der Waals surface area contributed by atoms with E-state index in [-0.39, 0.29) is 6.54 Å². The molecule has 1 aliphatic rings. The van der Waals surface area contributed by atoms with Crippen molar-refractivity contribution in [3.8, 4) is 5.75 Å². The van der Waals surface area contributed by atoms with Gasteiger partial charge in [-0.15, -0.1) is 0 Å². The van der Waals surface area contributed by atoms with Crippen molar-refractivity contribution in [3.05, 3.63) is 36.2 Å². The van der Waals surface area contributed by atoms with Gasteiger partial charge in [0, 0.05) is 12.2 Å². The quantitative estimate of drug-likeness (QED) is 0.633. The number of carbonyl (C=O) groups is 2. The van der Waals surface area contributed by atoms with Gasteiger partial charge in [0.1, 0.15) is 5.75 Å². The topological polar surface area (TPSA) is 55.8 Å². The van der Waals surface area contributed by atoms with Gasteiger partial charge in [-0.1, -0.05) is 6.58 Å². The highest BCUT2D eigenvalue weighted by atomic mass is 19.1. The Hall–Kier alpha value is -2.37. The lowest BCUT2D eigenvalue weighted by Crippen LogP contribution is -2.38. The van der Waals surface area contributed by atoms with Gasteiger partial charge < -0.3 is 14.4 Å². The maximum atomic E-state index is 13.1. The molecular formula is C15H16FNO4. The fourth-order valence-corrected chi connectivity index (χ4v) is 2.46. The predicted molar refractivity (Wildman–Crippen MR) is 75.0 cm³/mol. The number of benzene rings is 1. The van der Waals surface area contributed by atoms with Crippen LogP contribution in [0, 0.1) is 0 Å². The van der Waals surface area contributed by atoms with Gasteiger partial charge in [0.2, 0.25) is 0 Å². The van der Waals surface area contributed by atoms with E-state index in [1.165, 1.54) is 19.1 Å². The molecule has 0 aromatic heterocycles. The lowest BCUT2D eigenvalue weighted by atomic mass is 9.89. The zero-order valence-corrected chi connectivity index (χ0v) is 11.9. The summed E-state index contributed by atoms with van der Waals surface area (Å²) in [6.07, 6.45) is 0.353. The van der Waals surface area contributed by atoms with Crippen LogP contribution in [0.2, 0.25) is 0 Å². The number of amides is 1. The summed E-state index contributed by atoms with van der Waals surface area (Å²) in [5.41, 5.74) is 1.06. The number of hydrogen-bond donors (Lipinski definition) is 0. The molecule has 1 aromatic rings. The van der Waals surface area contributed by atoms with E-state index in [1.807, 2.05) is 0 Å².